The molecule has 1 atom stereocenters. The van der Waals surface area contributed by atoms with Crippen LogP contribution in [0.25, 0.3) is 11.1 Å². The van der Waals surface area contributed by atoms with Gasteiger partial charge in [0.1, 0.15) is 5.75 Å². The predicted molar refractivity (Wildman–Crippen MR) is 156 cm³/mol. The summed E-state index contributed by atoms with van der Waals surface area (Å²) in [6.07, 6.45) is 3.37. The lowest BCUT2D eigenvalue weighted by molar-refractivity contribution is -0.151. The molecule has 1 saturated heterocycles. The zero-order valence-electron chi connectivity index (χ0n) is 23.2. The molecule has 4 rings (SSSR count). The van der Waals surface area contributed by atoms with Crippen LogP contribution in [0.2, 0.25) is 0 Å². The molecule has 0 spiro atoms. The van der Waals surface area contributed by atoms with Crippen molar-refractivity contribution in [2.45, 2.75) is 44.9 Å². The molecule has 0 aliphatic carbocycles. The van der Waals surface area contributed by atoms with Gasteiger partial charge in [-0.3, -0.25) is 9.69 Å². The molecule has 202 valence electrons. The molecule has 5 heteroatoms. The first-order chi connectivity index (χ1) is 18.6. The van der Waals surface area contributed by atoms with E-state index in [0.29, 0.717) is 6.61 Å². The van der Waals surface area contributed by atoms with Crippen molar-refractivity contribution in [1.82, 2.24) is 4.90 Å². The average Bonchev–Trinajstić information content (AvgIpc) is 2.99. The van der Waals surface area contributed by atoms with Gasteiger partial charge in [0.05, 0.1) is 19.1 Å². The number of benzene rings is 3. The maximum Gasteiger partial charge on any atom is 0.316 e. The van der Waals surface area contributed by atoms with Crippen molar-refractivity contribution in [3.8, 4) is 16.9 Å². The Kier molecular flexibility index (Phi) is 9.83. The minimum absolute atomic E-state index is 0.0746. The van der Waals surface area contributed by atoms with Crippen LogP contribution in [0.4, 0.5) is 5.69 Å². The summed E-state index contributed by atoms with van der Waals surface area (Å²) in [5, 5.41) is 0. The maximum absolute atomic E-state index is 13.2. The summed E-state index contributed by atoms with van der Waals surface area (Å²) in [6.45, 7) is 9.69. The van der Waals surface area contributed by atoms with Crippen LogP contribution < -0.4 is 9.64 Å². The number of anilines is 1. The molecular formula is C33H42N2O3. The first kappa shape index (κ1) is 27.7. The molecule has 0 N–H and O–H groups in total. The second-order valence-corrected chi connectivity index (χ2v) is 10.1. The van der Waals surface area contributed by atoms with E-state index in [0.717, 1.165) is 75.3 Å². The molecule has 0 amide bonds. The first-order valence-corrected chi connectivity index (χ1v) is 14.0. The Hall–Kier alpha value is -3.31. The van der Waals surface area contributed by atoms with Crippen LogP contribution in [-0.4, -0.2) is 57.3 Å². The summed E-state index contributed by atoms with van der Waals surface area (Å²) in [6, 6.07) is 27.2. The molecule has 38 heavy (non-hydrogen) atoms. The van der Waals surface area contributed by atoms with Crippen LogP contribution in [0.3, 0.4) is 0 Å². The Morgan fingerprint density at radius 2 is 1.55 bits per heavy atom. The lowest BCUT2D eigenvalue weighted by Crippen LogP contribution is -2.47. The van der Waals surface area contributed by atoms with Gasteiger partial charge in [0.2, 0.25) is 0 Å². The van der Waals surface area contributed by atoms with Gasteiger partial charge in [-0.2, -0.15) is 0 Å². The van der Waals surface area contributed by atoms with Gasteiger partial charge in [0.25, 0.3) is 0 Å². The number of carbonyl (C=O) groups is 1. The SMILES string of the molecule is CCCOC(=O)C(CC)(CCCN1CCN(c2ccc(-c3ccccc3OC)cc2)CC1)c1ccccc1. The number of ether oxygens (including phenoxy) is 2. The van der Waals surface area contributed by atoms with E-state index in [-0.39, 0.29) is 5.97 Å². The molecule has 3 aromatic rings. The highest BCUT2D eigenvalue weighted by atomic mass is 16.5. The molecule has 1 aliphatic rings. The Morgan fingerprint density at radius 3 is 2.21 bits per heavy atom. The Morgan fingerprint density at radius 1 is 0.868 bits per heavy atom. The number of hydrogen-bond acceptors (Lipinski definition) is 5. The average molecular weight is 515 g/mol. The molecule has 0 aromatic heterocycles. The highest BCUT2D eigenvalue weighted by Gasteiger charge is 2.39. The van der Waals surface area contributed by atoms with Crippen molar-refractivity contribution in [2.24, 2.45) is 0 Å². The van der Waals surface area contributed by atoms with E-state index in [1.165, 1.54) is 11.3 Å². The summed E-state index contributed by atoms with van der Waals surface area (Å²) >= 11 is 0. The molecular weight excluding hydrogens is 472 g/mol. The number of hydrogen-bond donors (Lipinski definition) is 0. The van der Waals surface area contributed by atoms with Crippen molar-refractivity contribution in [3.05, 3.63) is 84.4 Å². The number of methoxy groups -OCH3 is 1. The number of esters is 1. The largest absolute Gasteiger partial charge is 0.496 e. The zero-order chi connectivity index (χ0) is 26.8. The van der Waals surface area contributed by atoms with Crippen molar-refractivity contribution in [1.29, 1.82) is 0 Å². The van der Waals surface area contributed by atoms with Crippen LogP contribution in [-0.2, 0) is 14.9 Å². The van der Waals surface area contributed by atoms with Crippen LogP contribution in [0.15, 0.2) is 78.9 Å². The second-order valence-electron chi connectivity index (χ2n) is 10.1. The van der Waals surface area contributed by atoms with Gasteiger partial charge in [-0.25, -0.2) is 0 Å². The van der Waals surface area contributed by atoms with Crippen LogP contribution in [0, 0.1) is 0 Å². The predicted octanol–water partition coefficient (Wildman–Crippen LogP) is 6.57. The van der Waals surface area contributed by atoms with E-state index in [1.54, 1.807) is 7.11 Å². The monoisotopic (exact) mass is 514 g/mol. The van der Waals surface area contributed by atoms with Crippen molar-refractivity contribution < 1.29 is 14.3 Å². The third kappa shape index (κ3) is 6.39. The van der Waals surface area contributed by atoms with Gasteiger partial charge in [-0.1, -0.05) is 74.5 Å². The number of piperazine rings is 1. The normalized spacial score (nSPS) is 15.6. The lowest BCUT2D eigenvalue weighted by atomic mass is 9.74. The van der Waals surface area contributed by atoms with E-state index in [9.17, 15) is 4.79 Å². The molecule has 1 aliphatic heterocycles. The lowest BCUT2D eigenvalue weighted by Gasteiger charge is -2.37. The standard InChI is InChI=1S/C33H42N2O3/c1-4-26-38-32(36)33(5-2,28-12-7-6-8-13-28)20-11-21-34-22-24-35(25-23-34)29-18-16-27(17-19-29)30-14-9-10-15-31(30)37-3/h6-10,12-19H,4-5,11,20-26H2,1-3H3. The Labute approximate surface area is 228 Å². The Bertz CT molecular complexity index is 1140. The fraction of sp³-hybridized carbons (Fsp3) is 0.424. The van der Waals surface area contributed by atoms with Crippen LogP contribution in [0.5, 0.6) is 5.75 Å². The molecule has 5 nitrogen and oxygen atoms in total. The van der Waals surface area contributed by atoms with Crippen LogP contribution >= 0.6 is 0 Å². The summed E-state index contributed by atoms with van der Waals surface area (Å²) in [5.74, 6) is 0.821. The van der Waals surface area contributed by atoms with E-state index in [2.05, 4.69) is 59.2 Å². The van der Waals surface area contributed by atoms with Gasteiger partial charge in [-0.15, -0.1) is 0 Å². The summed E-state index contributed by atoms with van der Waals surface area (Å²) in [4.78, 5) is 18.2. The molecule has 1 fully saturated rings. The number of nitrogens with zero attached hydrogens (tertiary/aromatic N) is 2. The number of rotatable bonds is 12. The fourth-order valence-electron chi connectivity index (χ4n) is 5.55. The fourth-order valence-corrected chi connectivity index (χ4v) is 5.55. The quantitative estimate of drug-likeness (QED) is 0.256. The molecule has 3 aromatic carbocycles. The van der Waals surface area contributed by atoms with Gasteiger partial charge < -0.3 is 14.4 Å². The van der Waals surface area contributed by atoms with Gasteiger partial charge in [0, 0.05) is 37.4 Å². The summed E-state index contributed by atoms with van der Waals surface area (Å²) in [7, 11) is 1.72. The second kappa shape index (κ2) is 13.5. The highest BCUT2D eigenvalue weighted by molar-refractivity contribution is 5.83. The smallest absolute Gasteiger partial charge is 0.316 e. The van der Waals surface area contributed by atoms with Crippen LogP contribution in [0.1, 0.15) is 45.1 Å². The molecule has 1 heterocycles. The van der Waals surface area contributed by atoms with Crippen molar-refractivity contribution in [3.63, 3.8) is 0 Å². The van der Waals surface area contributed by atoms with E-state index < -0.39 is 5.41 Å². The maximum atomic E-state index is 13.2. The van der Waals surface area contributed by atoms with Gasteiger partial charge in [-0.05, 0) is 61.6 Å². The molecule has 1 unspecified atom stereocenters. The third-order valence-corrected chi connectivity index (χ3v) is 7.86. The third-order valence-electron chi connectivity index (χ3n) is 7.86. The first-order valence-electron chi connectivity index (χ1n) is 14.0. The zero-order valence-corrected chi connectivity index (χ0v) is 23.2. The van der Waals surface area contributed by atoms with E-state index in [1.807, 2.05) is 43.3 Å². The van der Waals surface area contributed by atoms with Gasteiger partial charge >= 0.3 is 5.97 Å². The topological polar surface area (TPSA) is 42.0 Å². The molecule has 0 saturated carbocycles. The van der Waals surface area contributed by atoms with Crippen molar-refractivity contribution >= 4 is 11.7 Å². The molecule has 0 bridgehead atoms. The minimum Gasteiger partial charge on any atom is -0.496 e. The van der Waals surface area contributed by atoms with E-state index in [4.69, 9.17) is 9.47 Å². The summed E-state index contributed by atoms with van der Waals surface area (Å²) in [5.41, 5.74) is 4.05. The summed E-state index contributed by atoms with van der Waals surface area (Å²) < 4.78 is 11.2. The van der Waals surface area contributed by atoms with Crippen molar-refractivity contribution in [2.75, 3.05) is 51.3 Å². The molecule has 0 radical (unpaired) electrons. The minimum atomic E-state index is -0.568. The Balaban J connectivity index is 1.32. The van der Waals surface area contributed by atoms with E-state index >= 15 is 0 Å². The highest BCUT2D eigenvalue weighted by Crippen LogP contribution is 2.35. The number of carbonyl (C=O) groups excluding carboxylic acids is 1. The van der Waals surface area contributed by atoms with Gasteiger partial charge in [0.15, 0.2) is 0 Å². The number of para-hydroxylation sites is 1.